The zero-order valence-electron chi connectivity index (χ0n) is 13.4. The minimum atomic E-state index is 0.889. The molecule has 5 aromatic rings. The van der Waals surface area contributed by atoms with E-state index in [0.29, 0.717) is 0 Å². The second kappa shape index (κ2) is 4.58. The maximum atomic E-state index is 6.43. The zero-order chi connectivity index (χ0) is 16.4. The van der Waals surface area contributed by atoms with E-state index in [1.165, 1.54) is 10.9 Å². The second-order valence-electron chi connectivity index (χ2n) is 6.44. The van der Waals surface area contributed by atoms with Gasteiger partial charge in [0.05, 0.1) is 10.9 Å². The van der Waals surface area contributed by atoms with Gasteiger partial charge in [0.25, 0.3) is 0 Å². The Kier molecular flexibility index (Phi) is 2.37. The quantitative estimate of drug-likeness (QED) is 0.306. The molecule has 0 aliphatic carbocycles. The summed E-state index contributed by atoms with van der Waals surface area (Å²) in [6, 6.07) is 25.3. The molecule has 0 saturated carbocycles. The normalized spacial score (nSPS) is 12.3. The Morgan fingerprint density at radius 2 is 1.48 bits per heavy atom. The van der Waals surface area contributed by atoms with Crippen molar-refractivity contribution in [3.05, 3.63) is 79.0 Å². The number of aromatic nitrogens is 1. The van der Waals surface area contributed by atoms with Gasteiger partial charge in [-0.1, -0.05) is 54.6 Å². The van der Waals surface area contributed by atoms with Crippen molar-refractivity contribution in [2.24, 2.45) is 0 Å². The van der Waals surface area contributed by atoms with Crippen LogP contribution in [-0.4, -0.2) is 4.98 Å². The van der Waals surface area contributed by atoms with Crippen LogP contribution in [0.25, 0.3) is 43.6 Å². The number of fused-ring (bicyclic) bond motifs is 6. The predicted octanol–water partition coefficient (Wildman–Crippen LogP) is 6.31. The number of pyridine rings is 1. The van der Waals surface area contributed by atoms with Gasteiger partial charge >= 0.3 is 0 Å². The van der Waals surface area contributed by atoms with Crippen molar-refractivity contribution < 1.29 is 4.74 Å². The van der Waals surface area contributed by atoms with E-state index in [-0.39, 0.29) is 0 Å². The number of benzene rings is 4. The summed E-state index contributed by atoms with van der Waals surface area (Å²) in [6.45, 7) is 0. The van der Waals surface area contributed by atoms with Crippen LogP contribution in [0.1, 0.15) is 0 Å². The Morgan fingerprint density at radius 1 is 0.680 bits per heavy atom. The molecule has 1 aliphatic rings. The summed E-state index contributed by atoms with van der Waals surface area (Å²) in [5.41, 5.74) is 3.33. The molecule has 0 unspecified atom stereocenters. The lowest BCUT2D eigenvalue weighted by molar-refractivity contribution is 0.493. The third-order valence-electron chi connectivity index (χ3n) is 5.08. The third-order valence-corrected chi connectivity index (χ3v) is 5.08. The molecule has 6 rings (SSSR count). The maximum Gasteiger partial charge on any atom is 0.143 e. The number of hydrogen-bond acceptors (Lipinski definition) is 2. The fourth-order valence-electron chi connectivity index (χ4n) is 3.95. The van der Waals surface area contributed by atoms with Gasteiger partial charge in [-0.3, -0.25) is 4.98 Å². The molecule has 0 spiro atoms. The van der Waals surface area contributed by atoms with Crippen LogP contribution in [0.3, 0.4) is 0 Å². The fraction of sp³-hybridized carbons (Fsp3) is 0. The minimum Gasteiger partial charge on any atom is -0.455 e. The van der Waals surface area contributed by atoms with E-state index in [0.717, 1.165) is 44.1 Å². The van der Waals surface area contributed by atoms with Crippen molar-refractivity contribution >= 4 is 32.4 Å². The predicted molar refractivity (Wildman–Crippen MR) is 102 cm³/mol. The number of rotatable bonds is 0. The fourth-order valence-corrected chi connectivity index (χ4v) is 3.95. The first kappa shape index (κ1) is 13.0. The Morgan fingerprint density at radius 3 is 2.40 bits per heavy atom. The maximum absolute atomic E-state index is 6.43. The molecule has 4 aromatic carbocycles. The molecule has 0 radical (unpaired) electrons. The van der Waals surface area contributed by atoms with Crippen molar-refractivity contribution in [3.8, 4) is 22.6 Å². The minimum absolute atomic E-state index is 0.889. The van der Waals surface area contributed by atoms with Gasteiger partial charge in [0.15, 0.2) is 0 Å². The van der Waals surface area contributed by atoms with E-state index in [1.807, 2.05) is 6.20 Å². The zero-order valence-corrected chi connectivity index (χ0v) is 13.4. The number of nitrogens with zero attached hydrogens (tertiary/aromatic N) is 1. The van der Waals surface area contributed by atoms with Crippen LogP contribution in [0, 0.1) is 0 Å². The van der Waals surface area contributed by atoms with Gasteiger partial charge < -0.3 is 4.74 Å². The average molecular weight is 319 g/mol. The van der Waals surface area contributed by atoms with Crippen LogP contribution in [0.4, 0.5) is 0 Å². The summed E-state index contributed by atoms with van der Waals surface area (Å²) in [4.78, 5) is 4.67. The molecule has 0 fully saturated rings. The lowest BCUT2D eigenvalue weighted by atomic mass is 9.93. The molecule has 0 atom stereocenters. The van der Waals surface area contributed by atoms with Crippen molar-refractivity contribution in [3.63, 3.8) is 0 Å². The molecular weight excluding hydrogens is 306 g/mol. The Labute approximate surface area is 144 Å². The van der Waals surface area contributed by atoms with Gasteiger partial charge in [-0.05, 0) is 29.0 Å². The van der Waals surface area contributed by atoms with E-state index in [2.05, 4.69) is 77.8 Å². The third kappa shape index (κ3) is 1.66. The molecule has 116 valence electrons. The highest BCUT2D eigenvalue weighted by Crippen LogP contribution is 2.50. The van der Waals surface area contributed by atoms with Gasteiger partial charge in [0.2, 0.25) is 0 Å². The average Bonchev–Trinajstić information content (AvgIpc) is 2.68. The molecule has 25 heavy (non-hydrogen) atoms. The molecular formula is C23H13NO. The van der Waals surface area contributed by atoms with Gasteiger partial charge in [-0.25, -0.2) is 0 Å². The number of ether oxygens (including phenoxy) is 1. The largest absolute Gasteiger partial charge is 0.455 e. The molecule has 0 saturated heterocycles. The Bertz CT molecular complexity index is 1320. The SMILES string of the molecule is c1ccc2c3c(ccc2c1)-c1ccnc2c1c(cc1ccccc12)O3. The van der Waals surface area contributed by atoms with Gasteiger partial charge in [-0.2, -0.15) is 0 Å². The van der Waals surface area contributed by atoms with E-state index < -0.39 is 0 Å². The highest BCUT2D eigenvalue weighted by atomic mass is 16.5. The first-order valence-electron chi connectivity index (χ1n) is 8.40. The topological polar surface area (TPSA) is 22.1 Å². The summed E-state index contributed by atoms with van der Waals surface area (Å²) in [6.07, 6.45) is 1.90. The summed E-state index contributed by atoms with van der Waals surface area (Å²) in [5.74, 6) is 1.83. The van der Waals surface area contributed by atoms with Crippen LogP contribution in [0.2, 0.25) is 0 Å². The van der Waals surface area contributed by atoms with Crippen molar-refractivity contribution in [2.45, 2.75) is 0 Å². The standard InChI is InChI=1S/C23H13NO/c1-4-8-17-14(5-1)9-10-19-18-11-12-24-22-16-7-3-2-6-15(16)13-20(21(18)22)25-23(17)19/h1-13H. The molecule has 0 amide bonds. The smallest absolute Gasteiger partial charge is 0.143 e. The van der Waals surface area contributed by atoms with Crippen LogP contribution < -0.4 is 4.74 Å². The highest BCUT2D eigenvalue weighted by molar-refractivity contribution is 6.15. The summed E-state index contributed by atoms with van der Waals surface area (Å²) >= 11 is 0. The van der Waals surface area contributed by atoms with Gasteiger partial charge in [-0.15, -0.1) is 0 Å². The molecule has 2 heteroatoms. The lowest BCUT2D eigenvalue weighted by Gasteiger charge is -2.23. The van der Waals surface area contributed by atoms with E-state index >= 15 is 0 Å². The lowest BCUT2D eigenvalue weighted by Crippen LogP contribution is -1.99. The van der Waals surface area contributed by atoms with E-state index in [4.69, 9.17) is 4.74 Å². The first-order valence-corrected chi connectivity index (χ1v) is 8.40. The molecule has 2 nitrogen and oxygen atoms in total. The Balaban J connectivity index is 1.82. The summed E-state index contributed by atoms with van der Waals surface area (Å²) in [5, 5.41) is 5.75. The van der Waals surface area contributed by atoms with Crippen LogP contribution in [0.5, 0.6) is 11.5 Å². The van der Waals surface area contributed by atoms with Crippen LogP contribution >= 0.6 is 0 Å². The van der Waals surface area contributed by atoms with Gasteiger partial charge in [0, 0.05) is 28.1 Å². The summed E-state index contributed by atoms with van der Waals surface area (Å²) < 4.78 is 6.43. The van der Waals surface area contributed by atoms with E-state index in [9.17, 15) is 0 Å². The molecule has 0 N–H and O–H groups in total. The molecule has 2 heterocycles. The Hall–Kier alpha value is -3.39. The van der Waals surface area contributed by atoms with Crippen LogP contribution in [0.15, 0.2) is 79.0 Å². The molecule has 1 aliphatic heterocycles. The van der Waals surface area contributed by atoms with Gasteiger partial charge in [0.1, 0.15) is 11.5 Å². The van der Waals surface area contributed by atoms with Crippen molar-refractivity contribution in [1.29, 1.82) is 0 Å². The monoisotopic (exact) mass is 319 g/mol. The van der Waals surface area contributed by atoms with E-state index in [1.54, 1.807) is 0 Å². The van der Waals surface area contributed by atoms with Crippen LogP contribution in [-0.2, 0) is 0 Å². The second-order valence-corrected chi connectivity index (χ2v) is 6.44. The highest BCUT2D eigenvalue weighted by Gasteiger charge is 2.23. The molecule has 0 bridgehead atoms. The first-order chi connectivity index (χ1) is 12.4. The van der Waals surface area contributed by atoms with Crippen molar-refractivity contribution in [2.75, 3.05) is 0 Å². The molecule has 1 aromatic heterocycles. The van der Waals surface area contributed by atoms with Crippen molar-refractivity contribution in [1.82, 2.24) is 4.98 Å². The summed E-state index contributed by atoms with van der Waals surface area (Å²) in [7, 11) is 0. The number of hydrogen-bond donors (Lipinski definition) is 0.